The maximum Gasteiger partial charge on any atom is 0.338 e. The third-order valence-corrected chi connectivity index (χ3v) is 2.79. The Kier molecular flexibility index (Phi) is 4.88. The summed E-state index contributed by atoms with van der Waals surface area (Å²) in [7, 11) is 1.33. The molecule has 0 bridgehead atoms. The number of hydrogen-bond acceptors (Lipinski definition) is 5. The lowest BCUT2D eigenvalue weighted by Gasteiger charge is -2.13. The molecule has 0 spiro atoms. The van der Waals surface area contributed by atoms with Gasteiger partial charge in [-0.3, -0.25) is 0 Å². The van der Waals surface area contributed by atoms with E-state index < -0.39 is 5.97 Å². The summed E-state index contributed by atoms with van der Waals surface area (Å²) in [6, 6.07) is 11.9. The van der Waals surface area contributed by atoms with Crippen LogP contribution in [-0.2, 0) is 4.74 Å². The Labute approximate surface area is 129 Å². The van der Waals surface area contributed by atoms with Crippen molar-refractivity contribution in [2.45, 2.75) is 20.0 Å². The molecule has 0 aromatic heterocycles. The Balaban J connectivity index is 2.32. The Morgan fingerprint density at radius 1 is 1.00 bits per heavy atom. The van der Waals surface area contributed by atoms with Crippen molar-refractivity contribution in [1.82, 2.24) is 0 Å². The van der Waals surface area contributed by atoms with Crippen LogP contribution in [0.2, 0.25) is 0 Å². The molecule has 2 N–H and O–H groups in total. The lowest BCUT2D eigenvalue weighted by molar-refractivity contribution is 0.0599. The molecule has 0 aliphatic carbocycles. The first-order valence-corrected chi connectivity index (χ1v) is 6.91. The van der Waals surface area contributed by atoms with Crippen LogP contribution in [0.25, 0.3) is 0 Å². The number of esters is 1. The summed E-state index contributed by atoms with van der Waals surface area (Å²) >= 11 is 0. The van der Waals surface area contributed by atoms with Crippen molar-refractivity contribution < 1.29 is 19.0 Å². The fourth-order valence-electron chi connectivity index (χ4n) is 1.88. The van der Waals surface area contributed by atoms with Crippen molar-refractivity contribution in [2.24, 2.45) is 0 Å². The Hall–Kier alpha value is -2.69. The van der Waals surface area contributed by atoms with Crippen LogP contribution in [0.15, 0.2) is 42.5 Å². The highest BCUT2D eigenvalue weighted by Gasteiger charge is 2.12. The van der Waals surface area contributed by atoms with Crippen LogP contribution in [-0.4, -0.2) is 19.2 Å². The van der Waals surface area contributed by atoms with Gasteiger partial charge in [0.05, 0.1) is 18.8 Å². The van der Waals surface area contributed by atoms with E-state index in [0.717, 1.165) is 0 Å². The van der Waals surface area contributed by atoms with Crippen LogP contribution in [0.1, 0.15) is 24.2 Å². The first-order valence-electron chi connectivity index (χ1n) is 6.91. The highest BCUT2D eigenvalue weighted by molar-refractivity contribution is 5.90. The van der Waals surface area contributed by atoms with Gasteiger partial charge in [-0.15, -0.1) is 0 Å². The summed E-state index contributed by atoms with van der Waals surface area (Å²) in [5.74, 6) is 1.20. The maximum absolute atomic E-state index is 11.8. The molecule has 5 heteroatoms. The minimum atomic E-state index is -0.448. The SMILES string of the molecule is COC(=O)c1cc(Oc2ccc(N)cc2)cc(OC(C)C)c1. The first kappa shape index (κ1) is 15.7. The molecule has 0 saturated carbocycles. The van der Waals surface area contributed by atoms with Gasteiger partial charge in [-0.25, -0.2) is 4.79 Å². The lowest BCUT2D eigenvalue weighted by Crippen LogP contribution is -2.07. The molecule has 0 aliphatic rings. The van der Waals surface area contributed by atoms with E-state index in [1.807, 2.05) is 13.8 Å². The molecular formula is C17H19NO4. The number of carbonyl (C=O) groups excluding carboxylic acids is 1. The van der Waals surface area contributed by atoms with Crippen molar-refractivity contribution in [3.05, 3.63) is 48.0 Å². The molecule has 0 saturated heterocycles. The molecule has 2 rings (SSSR count). The van der Waals surface area contributed by atoms with E-state index in [2.05, 4.69) is 0 Å². The first-order chi connectivity index (χ1) is 10.5. The highest BCUT2D eigenvalue weighted by atomic mass is 16.5. The molecule has 2 aromatic rings. The number of ether oxygens (including phenoxy) is 3. The summed E-state index contributed by atoms with van der Waals surface area (Å²) in [6.07, 6.45) is -0.0164. The van der Waals surface area contributed by atoms with Gasteiger partial charge in [0.2, 0.25) is 0 Å². The number of benzene rings is 2. The quantitative estimate of drug-likeness (QED) is 0.674. The van der Waals surface area contributed by atoms with Crippen LogP contribution < -0.4 is 15.2 Å². The number of nitrogens with two attached hydrogens (primary N) is 1. The van der Waals surface area contributed by atoms with Crippen molar-refractivity contribution in [2.75, 3.05) is 12.8 Å². The molecule has 5 nitrogen and oxygen atoms in total. The van der Waals surface area contributed by atoms with Crippen LogP contribution in [0.4, 0.5) is 5.69 Å². The van der Waals surface area contributed by atoms with Gasteiger partial charge in [-0.1, -0.05) is 0 Å². The van der Waals surface area contributed by atoms with Gasteiger partial charge in [0.15, 0.2) is 0 Å². The summed E-state index contributed by atoms with van der Waals surface area (Å²) in [6.45, 7) is 3.82. The largest absolute Gasteiger partial charge is 0.491 e. The minimum Gasteiger partial charge on any atom is -0.491 e. The standard InChI is InChI=1S/C17H19NO4/c1-11(2)21-15-8-12(17(19)20-3)9-16(10-15)22-14-6-4-13(18)5-7-14/h4-11H,18H2,1-3H3. The van der Waals surface area contributed by atoms with Crippen molar-refractivity contribution >= 4 is 11.7 Å². The van der Waals surface area contributed by atoms with Crippen molar-refractivity contribution in [3.8, 4) is 17.2 Å². The van der Waals surface area contributed by atoms with Crippen LogP contribution in [0.3, 0.4) is 0 Å². The zero-order valence-electron chi connectivity index (χ0n) is 12.8. The zero-order valence-corrected chi connectivity index (χ0v) is 12.8. The Morgan fingerprint density at radius 3 is 2.23 bits per heavy atom. The molecule has 0 radical (unpaired) electrons. The van der Waals surface area contributed by atoms with E-state index in [4.69, 9.17) is 19.9 Å². The fourth-order valence-corrected chi connectivity index (χ4v) is 1.88. The van der Waals surface area contributed by atoms with Gasteiger partial charge < -0.3 is 19.9 Å². The average Bonchev–Trinajstić information content (AvgIpc) is 2.48. The lowest BCUT2D eigenvalue weighted by atomic mass is 10.2. The number of anilines is 1. The summed E-state index contributed by atoms with van der Waals surface area (Å²) < 4.78 is 16.1. The molecule has 0 atom stereocenters. The monoisotopic (exact) mass is 301 g/mol. The number of rotatable bonds is 5. The molecule has 2 aromatic carbocycles. The van der Waals surface area contributed by atoms with E-state index >= 15 is 0 Å². The van der Waals surface area contributed by atoms with Crippen LogP contribution >= 0.6 is 0 Å². The smallest absolute Gasteiger partial charge is 0.338 e. The summed E-state index contributed by atoms with van der Waals surface area (Å²) in [4.78, 5) is 11.8. The highest BCUT2D eigenvalue weighted by Crippen LogP contribution is 2.28. The number of carbonyl (C=O) groups is 1. The maximum atomic E-state index is 11.8. The number of hydrogen-bond donors (Lipinski definition) is 1. The van der Waals surface area contributed by atoms with Gasteiger partial charge in [0.25, 0.3) is 0 Å². The van der Waals surface area contributed by atoms with Gasteiger partial charge >= 0.3 is 5.97 Å². The van der Waals surface area contributed by atoms with Crippen LogP contribution in [0, 0.1) is 0 Å². The topological polar surface area (TPSA) is 70.8 Å². The predicted molar refractivity (Wildman–Crippen MR) is 84.5 cm³/mol. The zero-order chi connectivity index (χ0) is 16.1. The minimum absolute atomic E-state index is 0.0164. The third-order valence-electron chi connectivity index (χ3n) is 2.79. The van der Waals surface area contributed by atoms with E-state index in [-0.39, 0.29) is 6.10 Å². The van der Waals surface area contributed by atoms with Gasteiger partial charge in [-0.05, 0) is 50.2 Å². The molecular weight excluding hydrogens is 282 g/mol. The van der Waals surface area contributed by atoms with Crippen LogP contribution in [0.5, 0.6) is 17.2 Å². The molecule has 0 unspecified atom stereocenters. The molecule has 0 aliphatic heterocycles. The molecule has 116 valence electrons. The number of methoxy groups -OCH3 is 1. The average molecular weight is 301 g/mol. The van der Waals surface area contributed by atoms with E-state index in [1.165, 1.54) is 7.11 Å². The third kappa shape index (κ3) is 4.15. The van der Waals surface area contributed by atoms with Gasteiger partial charge in [0.1, 0.15) is 17.2 Å². The molecule has 0 heterocycles. The Morgan fingerprint density at radius 2 is 1.64 bits per heavy atom. The summed E-state index contributed by atoms with van der Waals surface area (Å²) in [5.41, 5.74) is 6.66. The van der Waals surface area contributed by atoms with Gasteiger partial charge in [0, 0.05) is 11.8 Å². The predicted octanol–water partition coefficient (Wildman–Crippen LogP) is 3.63. The second-order valence-corrected chi connectivity index (χ2v) is 5.02. The van der Waals surface area contributed by atoms with Crippen molar-refractivity contribution in [3.63, 3.8) is 0 Å². The Bertz CT molecular complexity index is 650. The van der Waals surface area contributed by atoms with Crippen molar-refractivity contribution in [1.29, 1.82) is 0 Å². The fraction of sp³-hybridized carbons (Fsp3) is 0.235. The van der Waals surface area contributed by atoms with E-state index in [9.17, 15) is 4.79 Å². The van der Waals surface area contributed by atoms with E-state index in [1.54, 1.807) is 42.5 Å². The number of nitrogen functional groups attached to an aromatic ring is 1. The van der Waals surface area contributed by atoms with E-state index in [0.29, 0.717) is 28.5 Å². The molecule has 0 fully saturated rings. The molecule has 0 amide bonds. The second kappa shape index (κ2) is 6.85. The normalized spacial score (nSPS) is 10.4. The summed E-state index contributed by atoms with van der Waals surface area (Å²) in [5, 5.41) is 0. The molecule has 22 heavy (non-hydrogen) atoms. The second-order valence-electron chi connectivity index (χ2n) is 5.02. The van der Waals surface area contributed by atoms with Gasteiger partial charge in [-0.2, -0.15) is 0 Å².